The lowest BCUT2D eigenvalue weighted by Gasteiger charge is -2.26. The summed E-state index contributed by atoms with van der Waals surface area (Å²) >= 11 is 0. The van der Waals surface area contributed by atoms with Crippen LogP contribution in [0, 0.1) is 6.92 Å². The van der Waals surface area contributed by atoms with Crippen molar-refractivity contribution in [1.82, 2.24) is 15.2 Å². The summed E-state index contributed by atoms with van der Waals surface area (Å²) in [7, 11) is 0. The molecule has 0 aliphatic carbocycles. The van der Waals surface area contributed by atoms with Gasteiger partial charge in [-0.1, -0.05) is 66.7 Å². The maximum absolute atomic E-state index is 13.3. The van der Waals surface area contributed by atoms with Crippen LogP contribution in [0.5, 0.6) is 0 Å². The number of benzene rings is 3. The van der Waals surface area contributed by atoms with E-state index in [2.05, 4.69) is 41.5 Å². The lowest BCUT2D eigenvalue weighted by atomic mass is 9.95. The van der Waals surface area contributed by atoms with Gasteiger partial charge in [0.05, 0.1) is 6.04 Å². The number of aryl methyl sites for hydroxylation is 1. The van der Waals surface area contributed by atoms with E-state index in [0.29, 0.717) is 13.1 Å². The Morgan fingerprint density at radius 3 is 2.55 bits per heavy atom. The van der Waals surface area contributed by atoms with Gasteiger partial charge >= 0.3 is 0 Å². The summed E-state index contributed by atoms with van der Waals surface area (Å²) in [6, 6.07) is 25.8. The van der Waals surface area contributed by atoms with Crippen molar-refractivity contribution in [3.05, 3.63) is 107 Å². The first-order valence-electron chi connectivity index (χ1n) is 11.4. The quantitative estimate of drug-likeness (QED) is 0.437. The predicted molar refractivity (Wildman–Crippen MR) is 130 cm³/mol. The largest absolute Gasteiger partial charge is 0.358 e. The number of hydrogen-bond acceptors (Lipinski definition) is 2. The number of aromatic nitrogens is 1. The van der Waals surface area contributed by atoms with Crippen LogP contribution in [0.1, 0.15) is 45.2 Å². The van der Waals surface area contributed by atoms with Gasteiger partial charge in [0.1, 0.15) is 0 Å². The topological polar surface area (TPSA) is 65.2 Å². The molecule has 5 heteroatoms. The van der Waals surface area contributed by atoms with Crippen LogP contribution in [0.15, 0.2) is 78.9 Å². The third kappa shape index (κ3) is 4.02. The fourth-order valence-corrected chi connectivity index (χ4v) is 4.86. The fourth-order valence-electron chi connectivity index (χ4n) is 4.86. The molecule has 0 saturated heterocycles. The van der Waals surface area contributed by atoms with Crippen molar-refractivity contribution in [2.75, 3.05) is 13.1 Å². The number of carbonyl (C=O) groups is 2. The number of nitrogens with one attached hydrogen (secondary N) is 2. The minimum atomic E-state index is -0.207. The molecule has 4 aromatic rings. The van der Waals surface area contributed by atoms with Crippen molar-refractivity contribution in [2.45, 2.75) is 25.8 Å². The lowest BCUT2D eigenvalue weighted by molar-refractivity contribution is -0.121. The number of fused-ring (bicyclic) bond motifs is 2. The van der Waals surface area contributed by atoms with Gasteiger partial charge in [-0.25, -0.2) is 0 Å². The number of nitrogens with zero attached hydrogens (tertiary/aromatic N) is 1. The zero-order valence-electron chi connectivity index (χ0n) is 18.7. The van der Waals surface area contributed by atoms with Crippen molar-refractivity contribution >= 4 is 22.7 Å². The monoisotopic (exact) mass is 437 g/mol. The van der Waals surface area contributed by atoms with E-state index in [-0.39, 0.29) is 24.3 Å². The molecule has 0 bridgehead atoms. The van der Waals surface area contributed by atoms with Crippen LogP contribution in [-0.4, -0.2) is 34.8 Å². The number of H-pyrrole nitrogens is 1. The molecule has 166 valence electrons. The van der Waals surface area contributed by atoms with Gasteiger partial charge in [-0.2, -0.15) is 0 Å². The summed E-state index contributed by atoms with van der Waals surface area (Å²) in [6.45, 7) is 3.01. The fraction of sp³-hybridized carbons (Fsp3) is 0.214. The first-order valence-corrected chi connectivity index (χ1v) is 11.4. The van der Waals surface area contributed by atoms with E-state index in [4.69, 9.17) is 0 Å². The molecule has 1 aliphatic heterocycles. The van der Waals surface area contributed by atoms with E-state index in [9.17, 15) is 9.59 Å². The summed E-state index contributed by atoms with van der Waals surface area (Å²) in [4.78, 5) is 31.2. The van der Waals surface area contributed by atoms with Crippen LogP contribution < -0.4 is 5.32 Å². The molecule has 0 fully saturated rings. The highest BCUT2D eigenvalue weighted by molar-refractivity contribution is 6.01. The Bertz CT molecular complexity index is 1310. The Hall–Kier alpha value is -3.86. The van der Waals surface area contributed by atoms with Crippen LogP contribution in [0.3, 0.4) is 0 Å². The Morgan fingerprint density at radius 2 is 1.70 bits per heavy atom. The van der Waals surface area contributed by atoms with E-state index in [0.717, 1.165) is 39.7 Å². The highest BCUT2D eigenvalue weighted by Gasteiger charge is 2.39. The van der Waals surface area contributed by atoms with Crippen LogP contribution in [-0.2, 0) is 11.2 Å². The van der Waals surface area contributed by atoms with Crippen molar-refractivity contribution < 1.29 is 9.59 Å². The van der Waals surface area contributed by atoms with Crippen LogP contribution in [0.4, 0.5) is 0 Å². The minimum Gasteiger partial charge on any atom is -0.358 e. The molecule has 33 heavy (non-hydrogen) atoms. The normalized spacial score (nSPS) is 15.1. The van der Waals surface area contributed by atoms with Crippen molar-refractivity contribution in [3.63, 3.8) is 0 Å². The average molecular weight is 438 g/mol. The first kappa shape index (κ1) is 21.0. The van der Waals surface area contributed by atoms with Crippen LogP contribution in [0.2, 0.25) is 0 Å². The number of rotatable bonds is 7. The maximum Gasteiger partial charge on any atom is 0.255 e. The molecular weight excluding hydrogens is 410 g/mol. The Labute approximate surface area is 193 Å². The summed E-state index contributed by atoms with van der Waals surface area (Å²) in [5.74, 6) is -0.0542. The maximum atomic E-state index is 13.3. The zero-order chi connectivity index (χ0) is 22.8. The Kier molecular flexibility index (Phi) is 5.69. The van der Waals surface area contributed by atoms with Gasteiger partial charge in [0.2, 0.25) is 5.91 Å². The van der Waals surface area contributed by atoms with E-state index in [1.807, 2.05) is 59.5 Å². The SMILES string of the molecule is Cc1[nH]c2ccccc2c1[C@H]1c2ccccc2C(=O)N1CCC(=O)NCCc1ccccc1. The Morgan fingerprint density at radius 1 is 0.970 bits per heavy atom. The Balaban J connectivity index is 1.35. The number of aromatic amines is 1. The molecule has 2 amide bonds. The third-order valence-corrected chi connectivity index (χ3v) is 6.43. The molecule has 0 saturated carbocycles. The van der Waals surface area contributed by atoms with Crippen molar-refractivity contribution in [3.8, 4) is 0 Å². The highest BCUT2D eigenvalue weighted by atomic mass is 16.2. The first-order chi connectivity index (χ1) is 16.1. The van der Waals surface area contributed by atoms with Gasteiger partial charge in [-0.15, -0.1) is 0 Å². The molecule has 0 radical (unpaired) electrons. The average Bonchev–Trinajstić information content (AvgIpc) is 3.31. The van der Waals surface area contributed by atoms with Gasteiger partial charge in [-0.05, 0) is 36.6 Å². The van der Waals surface area contributed by atoms with Crippen LogP contribution in [0.25, 0.3) is 10.9 Å². The predicted octanol–water partition coefficient (Wildman–Crippen LogP) is 4.77. The van der Waals surface area contributed by atoms with E-state index >= 15 is 0 Å². The second-order valence-electron chi connectivity index (χ2n) is 8.53. The molecule has 5 nitrogen and oxygen atoms in total. The third-order valence-electron chi connectivity index (χ3n) is 6.43. The molecule has 5 rings (SSSR count). The van der Waals surface area contributed by atoms with E-state index in [1.165, 1.54) is 5.56 Å². The van der Waals surface area contributed by atoms with Gasteiger partial charge in [-0.3, -0.25) is 9.59 Å². The molecular formula is C28H27N3O2. The molecule has 1 aromatic heterocycles. The van der Waals surface area contributed by atoms with Crippen LogP contribution >= 0.6 is 0 Å². The number of carbonyl (C=O) groups excluding carboxylic acids is 2. The molecule has 0 spiro atoms. The summed E-state index contributed by atoms with van der Waals surface area (Å²) < 4.78 is 0. The van der Waals surface area contributed by atoms with Crippen molar-refractivity contribution in [2.24, 2.45) is 0 Å². The molecule has 2 heterocycles. The standard InChI is InChI=1S/C28H27N3O2/c1-19-26(23-13-7-8-14-24(23)30-19)27-21-11-5-6-12-22(21)28(33)31(27)18-16-25(32)29-17-15-20-9-3-2-4-10-20/h2-14,27,30H,15-18H2,1H3,(H,29,32)/t27-/m1/s1. The van der Waals surface area contributed by atoms with E-state index < -0.39 is 0 Å². The molecule has 0 unspecified atom stereocenters. The lowest BCUT2D eigenvalue weighted by Crippen LogP contribution is -2.34. The smallest absolute Gasteiger partial charge is 0.255 e. The second kappa shape index (κ2) is 8.94. The summed E-state index contributed by atoms with van der Waals surface area (Å²) in [5.41, 5.74) is 6.12. The van der Waals surface area contributed by atoms with Gasteiger partial charge in [0.25, 0.3) is 5.91 Å². The summed E-state index contributed by atoms with van der Waals surface area (Å²) in [6.07, 6.45) is 1.06. The summed E-state index contributed by atoms with van der Waals surface area (Å²) in [5, 5.41) is 4.11. The molecule has 1 aliphatic rings. The molecule has 2 N–H and O–H groups in total. The minimum absolute atomic E-state index is 0.0163. The van der Waals surface area contributed by atoms with Gasteiger partial charge in [0.15, 0.2) is 0 Å². The van der Waals surface area contributed by atoms with Gasteiger partial charge < -0.3 is 15.2 Å². The van der Waals surface area contributed by atoms with Gasteiger partial charge in [0, 0.05) is 47.2 Å². The number of hydrogen-bond donors (Lipinski definition) is 2. The highest BCUT2D eigenvalue weighted by Crippen LogP contribution is 2.42. The number of para-hydroxylation sites is 1. The van der Waals surface area contributed by atoms with E-state index in [1.54, 1.807) is 0 Å². The zero-order valence-corrected chi connectivity index (χ0v) is 18.7. The second-order valence-corrected chi connectivity index (χ2v) is 8.53. The number of amides is 2. The molecule has 1 atom stereocenters. The molecule has 3 aromatic carbocycles. The van der Waals surface area contributed by atoms with Crippen molar-refractivity contribution in [1.29, 1.82) is 0 Å².